The summed E-state index contributed by atoms with van der Waals surface area (Å²) >= 11 is 0. The lowest BCUT2D eigenvalue weighted by Gasteiger charge is -2.14. The lowest BCUT2D eigenvalue weighted by atomic mass is 9.97. The van der Waals surface area contributed by atoms with Crippen molar-refractivity contribution in [3.8, 4) is 67.8 Å². The largest absolute Gasteiger partial charge is 0.419 e. The normalized spacial score (nSPS) is 13.7. The van der Waals surface area contributed by atoms with Crippen molar-refractivity contribution in [3.05, 3.63) is 383 Å². The van der Waals surface area contributed by atoms with Crippen LogP contribution in [0.2, 0.25) is 0 Å². The number of aryl methyl sites for hydroxylation is 4. The summed E-state index contributed by atoms with van der Waals surface area (Å²) < 4.78 is 144. The number of urea groups is 4. The van der Waals surface area contributed by atoms with Gasteiger partial charge in [0.05, 0.1) is 79.7 Å². The molecule has 0 saturated heterocycles. The number of aromatic nitrogens is 16. The highest BCUT2D eigenvalue weighted by Crippen LogP contribution is 2.44. The number of para-hydroxylation sites is 4. The first-order valence-corrected chi connectivity index (χ1v) is 50.9. The van der Waals surface area contributed by atoms with Crippen LogP contribution in [0.1, 0.15) is 93.0 Å². The van der Waals surface area contributed by atoms with Gasteiger partial charge in [-0.2, -0.15) is 46.7 Å². The SMILES string of the molecule is Cc1cccn2c(NC(=O)Nc3c4c(nn3-c3ccccc3)CCCC4)c(-c3ccccc3)nc12.Cc1cccn2c(NC(=O)Nc3c4c(nn3-c3ccccc3)CS(=O)(=O)C4)c(-c3ccccc3)nc12.O=C(Nc1c2c(nn1-c1ccccc1)CCCC2)Nc1c(-c2ccccc2)nc2c(C(F)(F)F)cccn12.O=C(Nc1c2c(nn1-c1ccccc1)CS(=O)(=O)C2)Nc1c(-c2ccccc2)nc2c(C(F)(F)F)cccn12. The third-order valence-electron chi connectivity index (χ3n) is 25.5. The van der Waals surface area contributed by atoms with Crippen LogP contribution in [-0.4, -0.2) is 118 Å². The van der Waals surface area contributed by atoms with Crippen LogP contribution in [0.3, 0.4) is 0 Å². The molecule has 0 saturated carbocycles. The molecular formula is C108H90F6N24O8S2. The third kappa shape index (κ3) is 19.6. The van der Waals surface area contributed by atoms with Gasteiger partial charge in [0.2, 0.25) is 0 Å². The summed E-state index contributed by atoms with van der Waals surface area (Å²) in [6, 6.07) is 84.3. The van der Waals surface area contributed by atoms with Crippen molar-refractivity contribution >= 4 is 113 Å². The van der Waals surface area contributed by atoms with Crippen LogP contribution in [0, 0.1) is 13.8 Å². The van der Waals surface area contributed by atoms with Gasteiger partial charge in [0.15, 0.2) is 31.0 Å². The summed E-state index contributed by atoms with van der Waals surface area (Å²) in [5, 5.41) is 41.6. The first kappa shape index (κ1) is 96.1. The highest BCUT2D eigenvalue weighted by atomic mass is 32.2. The van der Waals surface area contributed by atoms with Crippen molar-refractivity contribution < 1.29 is 62.4 Å². The number of pyridine rings is 4. The van der Waals surface area contributed by atoms with E-state index in [9.17, 15) is 62.4 Å². The summed E-state index contributed by atoms with van der Waals surface area (Å²) in [5.41, 5.74) is 14.4. The Labute approximate surface area is 841 Å². The van der Waals surface area contributed by atoms with Gasteiger partial charge in [-0.15, -0.1) is 0 Å². The van der Waals surface area contributed by atoms with Crippen molar-refractivity contribution in [1.82, 2.24) is 76.7 Å². The Kier molecular flexibility index (Phi) is 25.9. The molecular weight excluding hydrogens is 1940 g/mol. The van der Waals surface area contributed by atoms with E-state index in [0.29, 0.717) is 68.3 Å². The van der Waals surface area contributed by atoms with Crippen LogP contribution in [0.4, 0.5) is 92.1 Å². The third-order valence-corrected chi connectivity index (χ3v) is 28.4. The van der Waals surface area contributed by atoms with E-state index in [1.54, 1.807) is 100 Å². The van der Waals surface area contributed by atoms with E-state index in [2.05, 4.69) is 62.7 Å². The fourth-order valence-electron chi connectivity index (χ4n) is 18.8. The monoisotopic (exact) mass is 2030 g/mol. The maximum Gasteiger partial charge on any atom is 0.419 e. The molecule has 0 unspecified atom stereocenters. The second-order valence-electron chi connectivity index (χ2n) is 35.6. The van der Waals surface area contributed by atoms with Crippen molar-refractivity contribution in [2.75, 3.05) is 42.5 Å². The number of fused-ring (bicyclic) bond motifs is 8. The fraction of sp³-hybridized carbons (Fsp3) is 0.148. The molecule has 148 heavy (non-hydrogen) atoms. The Morgan fingerprint density at radius 1 is 0.264 bits per heavy atom. The Morgan fingerprint density at radius 3 is 0.770 bits per heavy atom. The number of sulfone groups is 2. The van der Waals surface area contributed by atoms with Crippen molar-refractivity contribution in [2.45, 2.75) is 101 Å². The average Bonchev–Trinajstić information content (AvgIpc) is 1.59. The molecule has 0 radical (unpaired) electrons. The summed E-state index contributed by atoms with van der Waals surface area (Å²) in [7, 11) is -6.74. The van der Waals surface area contributed by atoms with Crippen LogP contribution < -0.4 is 42.5 Å². The second kappa shape index (κ2) is 39.9. The van der Waals surface area contributed by atoms with Gasteiger partial charge in [0.25, 0.3) is 0 Å². The molecule has 744 valence electrons. The minimum absolute atomic E-state index is 0.00911. The fourth-order valence-corrected chi connectivity index (χ4v) is 21.8. The molecule has 8 aromatic carbocycles. The van der Waals surface area contributed by atoms with Gasteiger partial charge in [-0.1, -0.05) is 206 Å². The predicted molar refractivity (Wildman–Crippen MR) is 553 cm³/mol. The van der Waals surface area contributed by atoms with Crippen LogP contribution in [0.25, 0.3) is 90.4 Å². The molecule has 0 spiro atoms. The molecule has 0 fully saturated rings. The number of hydrogen-bond donors (Lipinski definition) is 8. The van der Waals surface area contributed by atoms with Gasteiger partial charge in [-0.05, 0) is 161 Å². The molecule has 32 nitrogen and oxygen atoms in total. The van der Waals surface area contributed by atoms with E-state index in [1.165, 1.54) is 33.6 Å². The Morgan fingerprint density at radius 2 is 0.493 bits per heavy atom. The molecule has 8 amide bonds. The first-order chi connectivity index (χ1) is 71.6. The number of nitrogens with one attached hydrogen (secondary N) is 8. The molecule has 24 rings (SSSR count). The number of anilines is 8. The number of alkyl halides is 6. The smallest absolute Gasteiger partial charge is 0.292 e. The zero-order chi connectivity index (χ0) is 102. The first-order valence-electron chi connectivity index (χ1n) is 47.3. The minimum Gasteiger partial charge on any atom is -0.292 e. The summed E-state index contributed by atoms with van der Waals surface area (Å²) in [6.07, 6.45) is 4.95. The van der Waals surface area contributed by atoms with E-state index >= 15 is 0 Å². The number of imidazole rings is 4. The van der Waals surface area contributed by atoms with Crippen molar-refractivity contribution in [1.29, 1.82) is 0 Å². The topological polar surface area (TPSA) is 373 Å². The van der Waals surface area contributed by atoms with E-state index in [-0.39, 0.29) is 69.2 Å². The molecule has 2 aliphatic carbocycles. The maximum atomic E-state index is 13.8. The summed E-state index contributed by atoms with van der Waals surface area (Å²) in [4.78, 5) is 71.9. The van der Waals surface area contributed by atoms with Gasteiger partial charge >= 0.3 is 36.5 Å². The summed E-state index contributed by atoms with van der Waals surface area (Å²) in [6.45, 7) is 3.98. The lowest BCUT2D eigenvalue weighted by Crippen LogP contribution is -2.23. The van der Waals surface area contributed by atoms with Gasteiger partial charge in [-0.3, -0.25) is 60.1 Å². The average molecular weight is 2030 g/mol. The van der Waals surface area contributed by atoms with Crippen LogP contribution in [0.15, 0.2) is 316 Å². The maximum absolute atomic E-state index is 13.8. The summed E-state index contributed by atoms with van der Waals surface area (Å²) in [5.74, 6) is 2.17. The zero-order valence-electron chi connectivity index (χ0n) is 79.0. The van der Waals surface area contributed by atoms with E-state index < -0.39 is 61.2 Å². The van der Waals surface area contributed by atoms with Gasteiger partial charge in [0.1, 0.15) is 80.6 Å². The standard InChI is InChI=1S/C28H23F3N6O.C28H26N6O.C26H19F3N6O3S.C26H22N6O3S/c29-28(30,31)21-15-9-17-36-25(21)32-23(18-10-3-1-4-11-18)26(36)34-27(38)33-24-20-14-7-8-16-22(20)35-37(24)19-12-5-2-6-13-19;1-19-11-10-18-33-25(19)29-24(20-12-4-2-5-13-20)27(33)31-28(35)30-26-22-16-8-9-17-23(22)32-34(26)21-14-6-3-7-15-21;27-26(28,29)19-12-7-13-34-23(19)30-21(16-8-3-1-4-9-16)24(34)32-25(36)31-22-18-14-39(37,38)15-20(18)33-35(22)17-10-5-2-6-11-17;1-17-9-8-14-31-23(17)27-22(18-10-4-2-5-11-18)25(31)29-26(33)28-24-20-15-36(34,35)16-21(20)30-32(24)19-12-6-3-7-13-19/h1-6,9-13,15,17H,7-8,14,16H2,(H2,33,34,38);2-7,10-15,18H,8-9,16-17H2,1H3,(H2,30,31,35);1-13H,14-15H2,(H2,31,32,36);2-14H,15-16H2,1H3,(H2,28,29,33). The number of rotatable bonds is 16. The number of amides is 8. The highest BCUT2D eigenvalue weighted by molar-refractivity contribution is 7.90. The molecule has 2 aliphatic heterocycles. The van der Waals surface area contributed by atoms with Crippen LogP contribution in [-0.2, 0) is 80.7 Å². The molecule has 14 heterocycles. The lowest BCUT2D eigenvalue weighted by molar-refractivity contribution is -0.137. The molecule has 20 aromatic rings. The molecule has 4 aliphatic rings. The van der Waals surface area contributed by atoms with E-state index in [1.807, 2.05) is 216 Å². The number of nitrogens with zero attached hydrogens (tertiary/aromatic N) is 16. The van der Waals surface area contributed by atoms with Crippen LogP contribution >= 0.6 is 0 Å². The second-order valence-corrected chi connectivity index (χ2v) is 39.7. The van der Waals surface area contributed by atoms with Gasteiger partial charge in [0, 0.05) is 69.3 Å². The Hall–Kier alpha value is -18.1. The molecule has 8 N–H and O–H groups in total. The number of benzene rings is 8. The number of hydrogen-bond acceptors (Lipinski definition) is 16. The number of halogens is 6. The quantitative estimate of drug-likeness (QED) is 0.0417. The molecule has 0 atom stereocenters. The molecule has 0 bridgehead atoms. The number of carbonyl (C=O) groups excluding carboxylic acids is 4. The van der Waals surface area contributed by atoms with Crippen LogP contribution in [0.5, 0.6) is 0 Å². The van der Waals surface area contributed by atoms with Crippen molar-refractivity contribution in [3.63, 3.8) is 0 Å². The molecule has 40 heteroatoms. The minimum atomic E-state index is -4.67. The number of carbonyl (C=O) groups is 4. The van der Waals surface area contributed by atoms with Gasteiger partial charge < -0.3 is 0 Å². The Balaban J connectivity index is 0.000000116. The Bertz CT molecular complexity index is 8720. The van der Waals surface area contributed by atoms with E-state index in [0.717, 1.165) is 153 Å². The van der Waals surface area contributed by atoms with Crippen molar-refractivity contribution in [2.24, 2.45) is 0 Å². The molecule has 12 aromatic heterocycles. The van der Waals surface area contributed by atoms with E-state index in [4.69, 9.17) is 20.2 Å². The predicted octanol–water partition coefficient (Wildman–Crippen LogP) is 22.6. The van der Waals surface area contributed by atoms with Gasteiger partial charge in [-0.25, -0.2) is 74.7 Å². The highest BCUT2D eigenvalue weighted by Gasteiger charge is 2.40. The zero-order valence-corrected chi connectivity index (χ0v) is 80.6.